The molecule has 2 aliphatic rings. The number of imidazole rings is 1. The lowest BCUT2D eigenvalue weighted by molar-refractivity contribution is 0.114. The second kappa shape index (κ2) is 9.22. The molecule has 4 aromatic rings. The number of nitrogens with zero attached hydrogens (tertiary/aromatic N) is 3. The van der Waals surface area contributed by atoms with Crippen LogP contribution in [0.3, 0.4) is 0 Å². The predicted octanol–water partition coefficient (Wildman–Crippen LogP) is 3.68. The number of nitrogens with one attached hydrogen (secondary N) is 2. The third kappa shape index (κ3) is 4.32. The monoisotopic (exact) mass is 453 g/mol. The van der Waals surface area contributed by atoms with Gasteiger partial charge in [0.2, 0.25) is 0 Å². The van der Waals surface area contributed by atoms with Crippen LogP contribution in [-0.2, 0) is 13.0 Å². The van der Waals surface area contributed by atoms with E-state index in [0.29, 0.717) is 19.1 Å². The van der Waals surface area contributed by atoms with Gasteiger partial charge in [0.1, 0.15) is 0 Å². The van der Waals surface area contributed by atoms with Crippen LogP contribution in [0.25, 0.3) is 22.2 Å². The second-order valence-corrected chi connectivity index (χ2v) is 9.54. The number of benzene rings is 3. The molecule has 0 spiro atoms. The summed E-state index contributed by atoms with van der Waals surface area (Å²) in [6, 6.07) is 24.0. The smallest absolute Gasteiger partial charge is 0.0961 e. The molecule has 1 saturated heterocycles. The van der Waals surface area contributed by atoms with E-state index in [1.807, 2.05) is 6.33 Å². The fraction of sp³-hybridized carbons (Fsp3) is 0.321. The third-order valence-corrected chi connectivity index (χ3v) is 7.14. The van der Waals surface area contributed by atoms with Gasteiger partial charge in [-0.15, -0.1) is 0 Å². The highest BCUT2D eigenvalue weighted by Gasteiger charge is 2.21. The highest BCUT2D eigenvalue weighted by Crippen LogP contribution is 2.28. The molecule has 3 N–H and O–H groups in total. The summed E-state index contributed by atoms with van der Waals surface area (Å²) in [6.07, 6.45) is 2.59. The van der Waals surface area contributed by atoms with Crippen LogP contribution in [-0.4, -0.2) is 58.4 Å². The summed E-state index contributed by atoms with van der Waals surface area (Å²) in [5.41, 5.74) is 8.40. The third-order valence-electron chi connectivity index (χ3n) is 7.14. The van der Waals surface area contributed by atoms with Crippen molar-refractivity contribution in [3.63, 3.8) is 0 Å². The molecule has 174 valence electrons. The second-order valence-electron chi connectivity index (χ2n) is 9.54. The molecule has 0 radical (unpaired) electrons. The van der Waals surface area contributed by atoms with Gasteiger partial charge in [-0.3, -0.25) is 4.90 Å². The molecule has 6 nitrogen and oxygen atoms in total. The van der Waals surface area contributed by atoms with Crippen LogP contribution in [0, 0.1) is 0 Å². The first kappa shape index (κ1) is 21.4. The Balaban J connectivity index is 1.10. The topological polar surface area (TPSA) is 65.3 Å². The van der Waals surface area contributed by atoms with Crippen molar-refractivity contribution in [1.29, 1.82) is 0 Å². The summed E-state index contributed by atoms with van der Waals surface area (Å²) >= 11 is 0. The van der Waals surface area contributed by atoms with Crippen LogP contribution < -0.4 is 10.6 Å². The van der Waals surface area contributed by atoms with Crippen molar-refractivity contribution in [2.45, 2.75) is 25.1 Å². The van der Waals surface area contributed by atoms with Crippen LogP contribution in [0.5, 0.6) is 0 Å². The highest BCUT2D eigenvalue weighted by molar-refractivity contribution is 5.83. The number of rotatable bonds is 7. The fourth-order valence-electron chi connectivity index (χ4n) is 5.08. The average molecular weight is 454 g/mol. The standard InChI is InChI=1S/C28H31N5O/c34-26(18-32-11-10-20-4-1-2-5-23(20)17-32)16-30-24-7-3-6-21(12-24)22-8-9-27-28(13-22)33(19-31-27)25-14-29-15-25/h1-9,12-13,19,25-26,29-30,34H,10-11,14-18H2. The molecule has 6 rings (SSSR count). The van der Waals surface area contributed by atoms with E-state index >= 15 is 0 Å². The van der Waals surface area contributed by atoms with Crippen molar-refractivity contribution in [3.8, 4) is 11.1 Å². The summed E-state index contributed by atoms with van der Waals surface area (Å²) in [5.74, 6) is 0. The number of anilines is 1. The van der Waals surface area contributed by atoms with Crippen LogP contribution in [0.1, 0.15) is 17.2 Å². The van der Waals surface area contributed by atoms with Gasteiger partial charge in [0.25, 0.3) is 0 Å². The van der Waals surface area contributed by atoms with E-state index in [-0.39, 0.29) is 0 Å². The Bertz CT molecular complexity index is 1290. The van der Waals surface area contributed by atoms with Crippen molar-refractivity contribution < 1.29 is 5.11 Å². The Morgan fingerprint density at radius 3 is 2.71 bits per heavy atom. The molecule has 1 atom stereocenters. The lowest BCUT2D eigenvalue weighted by Crippen LogP contribution is -2.43. The summed E-state index contributed by atoms with van der Waals surface area (Å²) in [5, 5.41) is 17.5. The maximum absolute atomic E-state index is 10.7. The van der Waals surface area contributed by atoms with Crippen molar-refractivity contribution in [2.24, 2.45) is 0 Å². The number of fused-ring (bicyclic) bond motifs is 2. The first-order chi connectivity index (χ1) is 16.7. The van der Waals surface area contributed by atoms with Gasteiger partial charge in [0.05, 0.1) is 29.5 Å². The molecule has 0 amide bonds. The molecular formula is C28H31N5O. The minimum atomic E-state index is -0.421. The lowest BCUT2D eigenvalue weighted by atomic mass is 10.00. The highest BCUT2D eigenvalue weighted by atomic mass is 16.3. The predicted molar refractivity (Wildman–Crippen MR) is 137 cm³/mol. The maximum Gasteiger partial charge on any atom is 0.0961 e. The van der Waals surface area contributed by atoms with Crippen molar-refractivity contribution >= 4 is 16.7 Å². The summed E-state index contributed by atoms with van der Waals surface area (Å²) in [6.45, 7) is 5.13. The van der Waals surface area contributed by atoms with Crippen molar-refractivity contribution in [2.75, 3.05) is 38.0 Å². The van der Waals surface area contributed by atoms with Gasteiger partial charge in [0.15, 0.2) is 0 Å². The van der Waals surface area contributed by atoms with E-state index in [9.17, 15) is 5.11 Å². The average Bonchev–Trinajstić information content (AvgIpc) is 3.24. The van der Waals surface area contributed by atoms with Crippen LogP contribution in [0.2, 0.25) is 0 Å². The molecule has 0 aliphatic carbocycles. The first-order valence-electron chi connectivity index (χ1n) is 12.2. The molecule has 3 aromatic carbocycles. The minimum absolute atomic E-state index is 0.421. The van der Waals surface area contributed by atoms with Gasteiger partial charge in [-0.1, -0.05) is 42.5 Å². The number of aliphatic hydroxyl groups excluding tert-OH is 1. The molecule has 34 heavy (non-hydrogen) atoms. The SMILES string of the molecule is OC(CNc1cccc(-c2ccc3ncn(C4CNC4)c3c2)c1)CN1CCc2ccccc2C1. The normalized spacial score (nSPS) is 17.3. The van der Waals surface area contributed by atoms with E-state index < -0.39 is 6.10 Å². The van der Waals surface area contributed by atoms with Crippen LogP contribution in [0.15, 0.2) is 73.1 Å². The number of aromatic nitrogens is 2. The van der Waals surface area contributed by atoms with Gasteiger partial charge in [-0.05, 0) is 52.9 Å². The molecule has 3 heterocycles. The minimum Gasteiger partial charge on any atom is -0.390 e. The Morgan fingerprint density at radius 2 is 1.85 bits per heavy atom. The zero-order valence-electron chi connectivity index (χ0n) is 19.3. The molecule has 1 fully saturated rings. The summed E-state index contributed by atoms with van der Waals surface area (Å²) < 4.78 is 2.28. The van der Waals surface area contributed by atoms with E-state index in [4.69, 9.17) is 0 Å². The lowest BCUT2D eigenvalue weighted by Gasteiger charge is -2.30. The van der Waals surface area contributed by atoms with Crippen LogP contribution in [0.4, 0.5) is 5.69 Å². The largest absolute Gasteiger partial charge is 0.390 e. The molecule has 6 heteroatoms. The Kier molecular flexibility index (Phi) is 5.79. The summed E-state index contributed by atoms with van der Waals surface area (Å²) in [4.78, 5) is 6.92. The zero-order valence-corrected chi connectivity index (χ0v) is 19.3. The van der Waals surface area contributed by atoms with E-state index in [1.54, 1.807) is 0 Å². The molecule has 2 aliphatic heterocycles. The molecule has 1 unspecified atom stereocenters. The fourth-order valence-corrected chi connectivity index (χ4v) is 5.08. The Morgan fingerprint density at radius 1 is 1.00 bits per heavy atom. The van der Waals surface area contributed by atoms with E-state index in [0.717, 1.165) is 49.4 Å². The quantitative estimate of drug-likeness (QED) is 0.398. The first-order valence-corrected chi connectivity index (χ1v) is 12.2. The van der Waals surface area contributed by atoms with Gasteiger partial charge in [-0.25, -0.2) is 4.98 Å². The number of β-amino-alcohol motifs (C(OH)–C–C–N with tert-alkyl or cyclic N) is 1. The molecule has 1 aromatic heterocycles. The van der Waals surface area contributed by atoms with Crippen LogP contribution >= 0.6 is 0 Å². The van der Waals surface area contributed by atoms with E-state index in [1.165, 1.54) is 22.2 Å². The Hall–Kier alpha value is -3.19. The Labute approximate surface area is 200 Å². The molecule has 0 saturated carbocycles. The van der Waals surface area contributed by atoms with Gasteiger partial charge < -0.3 is 20.3 Å². The zero-order chi connectivity index (χ0) is 22.9. The van der Waals surface area contributed by atoms with Gasteiger partial charge in [-0.2, -0.15) is 0 Å². The van der Waals surface area contributed by atoms with Crippen molar-refractivity contribution in [3.05, 3.63) is 84.2 Å². The van der Waals surface area contributed by atoms with E-state index in [2.05, 4.69) is 91.8 Å². The molecule has 0 bridgehead atoms. The molecular weight excluding hydrogens is 422 g/mol. The number of hydrogen-bond acceptors (Lipinski definition) is 5. The number of hydrogen-bond donors (Lipinski definition) is 3. The number of aliphatic hydroxyl groups is 1. The van der Waals surface area contributed by atoms with Gasteiger partial charge >= 0.3 is 0 Å². The van der Waals surface area contributed by atoms with Gasteiger partial charge in [0, 0.05) is 45.0 Å². The van der Waals surface area contributed by atoms with Crippen molar-refractivity contribution in [1.82, 2.24) is 19.8 Å². The maximum atomic E-state index is 10.7. The summed E-state index contributed by atoms with van der Waals surface area (Å²) in [7, 11) is 0.